The van der Waals surface area contributed by atoms with Gasteiger partial charge < -0.3 is 21.5 Å². The van der Waals surface area contributed by atoms with Crippen LogP contribution in [0.4, 0.5) is 0 Å². The van der Waals surface area contributed by atoms with Gasteiger partial charge in [-0.3, -0.25) is 9.79 Å². The number of ether oxygens (including phenoxy) is 1. The van der Waals surface area contributed by atoms with Gasteiger partial charge in [-0.1, -0.05) is 32.6 Å². The van der Waals surface area contributed by atoms with Gasteiger partial charge in [-0.25, -0.2) is 4.79 Å². The minimum atomic E-state index is -0.632. The molecule has 0 unspecified atom stereocenters. The summed E-state index contributed by atoms with van der Waals surface area (Å²) in [6, 6.07) is -0.632. The average molecular weight is 328 g/mol. The molecule has 0 aliphatic rings. The van der Waals surface area contributed by atoms with Gasteiger partial charge in [0.2, 0.25) is 5.91 Å². The lowest BCUT2D eigenvalue weighted by Crippen LogP contribution is -2.42. The second-order valence-electron chi connectivity index (χ2n) is 5.49. The van der Waals surface area contributed by atoms with Gasteiger partial charge in [0.1, 0.15) is 6.04 Å². The van der Waals surface area contributed by atoms with Crippen LogP contribution in [0.5, 0.6) is 0 Å². The van der Waals surface area contributed by atoms with Crippen molar-refractivity contribution >= 4 is 17.8 Å². The van der Waals surface area contributed by atoms with Crippen LogP contribution in [0.2, 0.25) is 0 Å². The van der Waals surface area contributed by atoms with Gasteiger partial charge in [0.05, 0.1) is 6.61 Å². The van der Waals surface area contributed by atoms with Crippen LogP contribution in [-0.2, 0) is 14.3 Å². The number of carbonyl (C=O) groups excluding carboxylic acids is 2. The Morgan fingerprint density at radius 3 is 2.39 bits per heavy atom. The van der Waals surface area contributed by atoms with E-state index in [1.54, 1.807) is 6.92 Å². The first kappa shape index (κ1) is 21.2. The van der Waals surface area contributed by atoms with E-state index in [2.05, 4.69) is 17.2 Å². The van der Waals surface area contributed by atoms with Crippen molar-refractivity contribution in [2.24, 2.45) is 16.5 Å². The zero-order valence-electron chi connectivity index (χ0n) is 14.5. The SMILES string of the molecule is CCCCCCCC(=O)N[C@@H](CCCN=C(N)N)C(=O)OCC. The van der Waals surface area contributed by atoms with Gasteiger partial charge >= 0.3 is 5.97 Å². The van der Waals surface area contributed by atoms with Gasteiger partial charge in [0, 0.05) is 13.0 Å². The minimum Gasteiger partial charge on any atom is -0.464 e. The lowest BCUT2D eigenvalue weighted by Gasteiger charge is -2.17. The first-order chi connectivity index (χ1) is 11.0. The summed E-state index contributed by atoms with van der Waals surface area (Å²) in [5.74, 6) is -0.494. The van der Waals surface area contributed by atoms with Gasteiger partial charge in [0.15, 0.2) is 5.96 Å². The predicted molar refractivity (Wildman–Crippen MR) is 91.9 cm³/mol. The number of nitrogens with zero attached hydrogens (tertiary/aromatic N) is 1. The molecule has 0 heterocycles. The normalized spacial score (nSPS) is 11.6. The largest absolute Gasteiger partial charge is 0.464 e. The number of esters is 1. The smallest absolute Gasteiger partial charge is 0.328 e. The topological polar surface area (TPSA) is 120 Å². The molecule has 0 saturated heterocycles. The van der Waals surface area contributed by atoms with Gasteiger partial charge in [-0.15, -0.1) is 0 Å². The zero-order valence-corrected chi connectivity index (χ0v) is 14.5. The molecule has 0 aromatic carbocycles. The van der Waals surface area contributed by atoms with Crippen molar-refractivity contribution in [3.05, 3.63) is 0 Å². The van der Waals surface area contributed by atoms with E-state index in [9.17, 15) is 9.59 Å². The minimum absolute atomic E-state index is 0.0220. The van der Waals surface area contributed by atoms with E-state index in [1.165, 1.54) is 12.8 Å². The highest BCUT2D eigenvalue weighted by molar-refractivity contribution is 5.84. The Bertz CT molecular complexity index is 368. The molecule has 0 spiro atoms. The first-order valence-corrected chi connectivity index (χ1v) is 8.52. The van der Waals surface area contributed by atoms with E-state index in [1.807, 2.05) is 0 Å². The Morgan fingerprint density at radius 1 is 1.09 bits per heavy atom. The number of amides is 1. The number of carbonyl (C=O) groups is 2. The van der Waals surface area contributed by atoms with Crippen LogP contribution in [0.25, 0.3) is 0 Å². The number of rotatable bonds is 13. The Hall–Kier alpha value is -1.79. The fourth-order valence-corrected chi connectivity index (χ4v) is 2.15. The molecule has 134 valence electrons. The van der Waals surface area contributed by atoms with E-state index < -0.39 is 12.0 Å². The number of hydrogen-bond donors (Lipinski definition) is 3. The molecule has 5 N–H and O–H groups in total. The molecule has 1 amide bonds. The molecule has 0 aromatic rings. The predicted octanol–water partition coefficient (Wildman–Crippen LogP) is 1.45. The Labute approximate surface area is 139 Å². The molecule has 0 fully saturated rings. The summed E-state index contributed by atoms with van der Waals surface area (Å²) >= 11 is 0. The highest BCUT2D eigenvalue weighted by Crippen LogP contribution is 2.06. The molecule has 23 heavy (non-hydrogen) atoms. The number of nitrogens with two attached hydrogens (primary N) is 2. The van der Waals surface area contributed by atoms with Gasteiger partial charge in [-0.05, 0) is 26.2 Å². The van der Waals surface area contributed by atoms with E-state index in [4.69, 9.17) is 16.2 Å². The number of hydrogen-bond acceptors (Lipinski definition) is 4. The van der Waals surface area contributed by atoms with Crippen molar-refractivity contribution in [3.8, 4) is 0 Å². The summed E-state index contributed by atoms with van der Waals surface area (Å²) in [7, 11) is 0. The monoisotopic (exact) mass is 328 g/mol. The number of aliphatic imine (C=N–C) groups is 1. The van der Waals surface area contributed by atoms with Crippen LogP contribution < -0.4 is 16.8 Å². The molecule has 0 saturated carbocycles. The van der Waals surface area contributed by atoms with Gasteiger partial charge in [-0.2, -0.15) is 0 Å². The number of unbranched alkanes of at least 4 members (excludes halogenated alkanes) is 4. The molecular formula is C16H32N4O3. The third-order valence-electron chi connectivity index (χ3n) is 3.36. The average Bonchev–Trinajstić information content (AvgIpc) is 2.50. The second kappa shape index (κ2) is 13.8. The number of nitrogens with one attached hydrogen (secondary N) is 1. The summed E-state index contributed by atoms with van der Waals surface area (Å²) in [5, 5.41) is 2.76. The lowest BCUT2D eigenvalue weighted by atomic mass is 10.1. The zero-order chi connectivity index (χ0) is 17.5. The van der Waals surface area contributed by atoms with E-state index in [-0.39, 0.29) is 18.5 Å². The number of guanidine groups is 1. The van der Waals surface area contributed by atoms with Gasteiger partial charge in [0.25, 0.3) is 0 Å². The summed E-state index contributed by atoms with van der Waals surface area (Å²) in [5.41, 5.74) is 10.5. The second-order valence-corrected chi connectivity index (χ2v) is 5.49. The van der Waals surface area contributed by atoms with Crippen molar-refractivity contribution in [3.63, 3.8) is 0 Å². The summed E-state index contributed by atoms with van der Waals surface area (Å²) in [6.45, 7) is 4.60. The first-order valence-electron chi connectivity index (χ1n) is 8.52. The Balaban J connectivity index is 4.20. The standard InChI is InChI=1S/C16H32N4O3/c1-3-5-6-7-8-11-14(21)20-13(15(22)23-4-2)10-9-12-19-16(17)18/h13H,3-12H2,1-2H3,(H,20,21)(H4,17,18,19)/t13-/m0/s1. The molecule has 0 radical (unpaired) electrons. The summed E-state index contributed by atoms with van der Waals surface area (Å²) < 4.78 is 5.00. The molecule has 0 rings (SSSR count). The third-order valence-corrected chi connectivity index (χ3v) is 3.36. The van der Waals surface area contributed by atoms with Crippen LogP contribution in [0.15, 0.2) is 4.99 Å². The van der Waals surface area contributed by atoms with Crippen molar-refractivity contribution in [2.45, 2.75) is 71.3 Å². The highest BCUT2D eigenvalue weighted by atomic mass is 16.5. The Kier molecular flexibility index (Phi) is 12.8. The molecule has 0 aliphatic heterocycles. The maximum absolute atomic E-state index is 11.9. The molecular weight excluding hydrogens is 296 g/mol. The molecule has 0 aromatic heterocycles. The van der Waals surface area contributed by atoms with Crippen LogP contribution in [0.1, 0.15) is 65.2 Å². The van der Waals surface area contributed by atoms with E-state index >= 15 is 0 Å². The molecule has 7 heteroatoms. The van der Waals surface area contributed by atoms with Crippen LogP contribution >= 0.6 is 0 Å². The molecule has 7 nitrogen and oxygen atoms in total. The van der Waals surface area contributed by atoms with Crippen molar-refractivity contribution in [1.82, 2.24) is 5.32 Å². The van der Waals surface area contributed by atoms with Crippen LogP contribution in [-0.4, -0.2) is 37.0 Å². The van der Waals surface area contributed by atoms with Crippen LogP contribution in [0, 0.1) is 0 Å². The van der Waals surface area contributed by atoms with E-state index in [0.717, 1.165) is 19.3 Å². The summed E-state index contributed by atoms with van der Waals surface area (Å²) in [6.07, 6.45) is 6.88. The van der Waals surface area contributed by atoms with Crippen LogP contribution in [0.3, 0.4) is 0 Å². The molecule has 0 bridgehead atoms. The van der Waals surface area contributed by atoms with Crippen molar-refractivity contribution < 1.29 is 14.3 Å². The maximum Gasteiger partial charge on any atom is 0.328 e. The quantitative estimate of drug-likeness (QED) is 0.204. The third kappa shape index (κ3) is 12.4. The Morgan fingerprint density at radius 2 is 1.78 bits per heavy atom. The highest BCUT2D eigenvalue weighted by Gasteiger charge is 2.21. The lowest BCUT2D eigenvalue weighted by molar-refractivity contribution is -0.147. The van der Waals surface area contributed by atoms with E-state index in [0.29, 0.717) is 25.8 Å². The van der Waals surface area contributed by atoms with Crippen molar-refractivity contribution in [2.75, 3.05) is 13.2 Å². The van der Waals surface area contributed by atoms with Crippen molar-refractivity contribution in [1.29, 1.82) is 0 Å². The molecule has 1 atom stereocenters. The fourth-order valence-electron chi connectivity index (χ4n) is 2.15. The molecule has 0 aliphatic carbocycles. The maximum atomic E-state index is 11.9. The fraction of sp³-hybridized carbons (Fsp3) is 0.812. The summed E-state index contributed by atoms with van der Waals surface area (Å²) in [4.78, 5) is 27.7.